The standard InChI is InChI=1S/C25H30FN3O4Si/c1-16-28-29-24(33-16)14-23(31)27-25(18-8-6-17(7-9-18)15-32-2)22(30)12-19-10-11-20(13-21(19)26)34(3,4)5/h6-11,13,25H,12,14-15H2,1-5H3,(H,27,31). The molecule has 3 rings (SSSR count). The van der Waals surface area contributed by atoms with Crippen molar-refractivity contribution in [3.8, 4) is 0 Å². The van der Waals surface area contributed by atoms with Gasteiger partial charge in [0.2, 0.25) is 17.7 Å². The van der Waals surface area contributed by atoms with Gasteiger partial charge in [0.25, 0.3) is 0 Å². The normalized spacial score (nSPS) is 12.4. The molecule has 0 fully saturated rings. The summed E-state index contributed by atoms with van der Waals surface area (Å²) in [7, 11) is -0.0848. The van der Waals surface area contributed by atoms with Gasteiger partial charge >= 0.3 is 0 Å². The van der Waals surface area contributed by atoms with Gasteiger partial charge in [0.1, 0.15) is 18.3 Å². The van der Waals surface area contributed by atoms with Crippen molar-refractivity contribution in [2.45, 2.75) is 52.1 Å². The number of aryl methyl sites for hydroxylation is 1. The zero-order valence-electron chi connectivity index (χ0n) is 20.1. The summed E-state index contributed by atoms with van der Waals surface area (Å²) in [5, 5.41) is 11.3. The third-order valence-corrected chi connectivity index (χ3v) is 7.46. The third kappa shape index (κ3) is 6.68. The second-order valence-corrected chi connectivity index (χ2v) is 14.3. The van der Waals surface area contributed by atoms with Crippen molar-refractivity contribution in [3.05, 3.63) is 76.8 Å². The Labute approximate surface area is 199 Å². The van der Waals surface area contributed by atoms with Crippen LogP contribution < -0.4 is 10.5 Å². The second-order valence-electron chi connectivity index (χ2n) is 9.27. The largest absolute Gasteiger partial charge is 0.425 e. The van der Waals surface area contributed by atoms with Crippen molar-refractivity contribution in [3.63, 3.8) is 0 Å². The number of rotatable bonds is 10. The summed E-state index contributed by atoms with van der Waals surface area (Å²) in [5.74, 6) is -0.673. The Balaban J connectivity index is 1.83. The number of methoxy groups -OCH3 is 1. The molecule has 1 aromatic heterocycles. The maximum atomic E-state index is 14.8. The number of hydrogen-bond acceptors (Lipinski definition) is 6. The Kier molecular flexibility index (Phi) is 8.11. The van der Waals surface area contributed by atoms with E-state index in [1.807, 2.05) is 18.2 Å². The molecule has 0 bridgehead atoms. The van der Waals surface area contributed by atoms with Gasteiger partial charge in [-0.25, -0.2) is 4.39 Å². The zero-order chi connectivity index (χ0) is 24.9. The molecule has 1 heterocycles. The smallest absolute Gasteiger partial charge is 0.230 e. The topological polar surface area (TPSA) is 94.3 Å². The molecule has 3 aromatic rings. The predicted octanol–water partition coefficient (Wildman–Crippen LogP) is 3.42. The number of benzene rings is 2. The fourth-order valence-corrected chi connectivity index (χ4v) is 4.67. The van der Waals surface area contributed by atoms with Gasteiger partial charge in [0, 0.05) is 20.5 Å². The highest BCUT2D eigenvalue weighted by Gasteiger charge is 2.25. The number of hydrogen-bond donors (Lipinski definition) is 1. The average Bonchev–Trinajstić information content (AvgIpc) is 3.18. The highest BCUT2D eigenvalue weighted by Crippen LogP contribution is 2.20. The van der Waals surface area contributed by atoms with Crippen molar-refractivity contribution >= 4 is 25.0 Å². The molecule has 34 heavy (non-hydrogen) atoms. The fraction of sp³-hybridized carbons (Fsp3) is 0.360. The molecule has 0 radical (unpaired) electrons. The van der Waals surface area contributed by atoms with Crippen molar-refractivity contribution in [2.75, 3.05) is 7.11 Å². The molecule has 0 saturated carbocycles. The molecule has 1 atom stereocenters. The first-order valence-electron chi connectivity index (χ1n) is 11.0. The minimum atomic E-state index is -1.68. The molecule has 1 N–H and O–H groups in total. The number of ether oxygens (including phenoxy) is 1. The molecule has 0 spiro atoms. The lowest BCUT2D eigenvalue weighted by atomic mass is 9.96. The Morgan fingerprint density at radius 2 is 1.79 bits per heavy atom. The van der Waals surface area contributed by atoms with E-state index in [0.29, 0.717) is 23.6 Å². The lowest BCUT2D eigenvalue weighted by Gasteiger charge is -2.20. The van der Waals surface area contributed by atoms with E-state index in [9.17, 15) is 14.0 Å². The number of carbonyl (C=O) groups excluding carboxylic acids is 2. The molecule has 0 aliphatic rings. The van der Waals surface area contributed by atoms with E-state index in [2.05, 4.69) is 35.2 Å². The minimum Gasteiger partial charge on any atom is -0.425 e. The molecule has 180 valence electrons. The number of carbonyl (C=O) groups is 2. The lowest BCUT2D eigenvalue weighted by Crippen LogP contribution is -2.38. The minimum absolute atomic E-state index is 0.151. The van der Waals surface area contributed by atoms with Crippen LogP contribution in [-0.2, 0) is 33.8 Å². The van der Waals surface area contributed by atoms with Gasteiger partial charge in [-0.2, -0.15) is 0 Å². The molecular formula is C25H30FN3O4Si. The summed E-state index contributed by atoms with van der Waals surface area (Å²) in [5.41, 5.74) is 1.83. The van der Waals surface area contributed by atoms with Crippen molar-refractivity contribution < 1.29 is 23.1 Å². The fourth-order valence-electron chi connectivity index (χ4n) is 3.53. The summed E-state index contributed by atoms with van der Waals surface area (Å²) in [6.07, 6.45) is -0.312. The summed E-state index contributed by atoms with van der Waals surface area (Å²) in [6, 6.07) is 11.3. The van der Waals surface area contributed by atoms with Gasteiger partial charge in [-0.3, -0.25) is 9.59 Å². The van der Waals surface area contributed by atoms with Crippen LogP contribution >= 0.6 is 0 Å². The van der Waals surface area contributed by atoms with Crippen molar-refractivity contribution in [1.29, 1.82) is 0 Å². The van der Waals surface area contributed by atoms with Crippen LogP contribution in [0.4, 0.5) is 4.39 Å². The monoisotopic (exact) mass is 483 g/mol. The van der Waals surface area contributed by atoms with Crippen molar-refractivity contribution in [2.24, 2.45) is 0 Å². The van der Waals surface area contributed by atoms with Crippen LogP contribution in [0.2, 0.25) is 19.6 Å². The first-order valence-corrected chi connectivity index (χ1v) is 14.5. The van der Waals surface area contributed by atoms with Crippen LogP contribution in [0.1, 0.15) is 34.5 Å². The average molecular weight is 484 g/mol. The van der Waals surface area contributed by atoms with Gasteiger partial charge in [-0.15, -0.1) is 10.2 Å². The van der Waals surface area contributed by atoms with E-state index in [4.69, 9.17) is 9.15 Å². The molecular weight excluding hydrogens is 453 g/mol. The highest BCUT2D eigenvalue weighted by molar-refractivity contribution is 6.88. The van der Waals surface area contributed by atoms with E-state index in [1.54, 1.807) is 32.2 Å². The molecule has 1 amide bonds. The van der Waals surface area contributed by atoms with E-state index in [0.717, 1.165) is 10.8 Å². The Morgan fingerprint density at radius 3 is 2.35 bits per heavy atom. The van der Waals surface area contributed by atoms with E-state index in [-0.39, 0.29) is 24.5 Å². The Morgan fingerprint density at radius 1 is 1.09 bits per heavy atom. The predicted molar refractivity (Wildman–Crippen MR) is 129 cm³/mol. The molecule has 2 aromatic carbocycles. The molecule has 1 unspecified atom stereocenters. The summed E-state index contributed by atoms with van der Waals surface area (Å²) >= 11 is 0. The molecule has 0 aliphatic heterocycles. The van der Waals surface area contributed by atoms with Crippen LogP contribution in [0.15, 0.2) is 46.9 Å². The Bertz CT molecular complexity index is 1160. The molecule has 9 heteroatoms. The number of Topliss-reactive ketones (excluding diaryl/α,β-unsaturated/α-hetero) is 1. The van der Waals surface area contributed by atoms with Crippen LogP contribution in [-0.4, -0.2) is 37.1 Å². The quantitative estimate of drug-likeness (QED) is 0.444. The number of ketones is 1. The highest BCUT2D eigenvalue weighted by atomic mass is 28.3. The SMILES string of the molecule is COCc1ccc(C(NC(=O)Cc2nnc(C)o2)C(=O)Cc2ccc([Si](C)(C)C)cc2F)cc1. The number of nitrogens with one attached hydrogen (secondary N) is 1. The molecule has 0 aliphatic carbocycles. The van der Waals surface area contributed by atoms with E-state index < -0.39 is 25.8 Å². The van der Waals surface area contributed by atoms with Crippen LogP contribution in [0.5, 0.6) is 0 Å². The van der Waals surface area contributed by atoms with E-state index >= 15 is 0 Å². The number of halogens is 1. The molecule has 0 saturated heterocycles. The van der Waals surface area contributed by atoms with Gasteiger partial charge in [0.05, 0.1) is 14.7 Å². The maximum absolute atomic E-state index is 14.8. The van der Waals surface area contributed by atoms with Gasteiger partial charge in [-0.05, 0) is 22.8 Å². The van der Waals surface area contributed by atoms with Gasteiger partial charge in [0.15, 0.2) is 5.78 Å². The first-order chi connectivity index (χ1) is 16.1. The summed E-state index contributed by atoms with van der Waals surface area (Å²) in [6.45, 7) is 8.46. The first kappa shape index (κ1) is 25.4. The van der Waals surface area contributed by atoms with Crippen LogP contribution in [0.3, 0.4) is 0 Å². The zero-order valence-corrected chi connectivity index (χ0v) is 21.1. The van der Waals surface area contributed by atoms with Crippen molar-refractivity contribution in [1.82, 2.24) is 15.5 Å². The lowest BCUT2D eigenvalue weighted by molar-refractivity contribution is -0.127. The van der Waals surface area contributed by atoms with Gasteiger partial charge < -0.3 is 14.5 Å². The number of aromatic nitrogens is 2. The second kappa shape index (κ2) is 10.8. The van der Waals surface area contributed by atoms with Crippen LogP contribution in [0.25, 0.3) is 0 Å². The Hall–Kier alpha value is -3.17. The van der Waals surface area contributed by atoms with E-state index in [1.165, 1.54) is 6.07 Å². The third-order valence-electron chi connectivity index (χ3n) is 5.41. The van der Waals surface area contributed by atoms with Gasteiger partial charge in [-0.1, -0.05) is 61.2 Å². The number of nitrogens with zero attached hydrogens (tertiary/aromatic N) is 2. The summed E-state index contributed by atoms with van der Waals surface area (Å²) in [4.78, 5) is 26.0. The maximum Gasteiger partial charge on any atom is 0.230 e. The van der Waals surface area contributed by atoms with Crippen LogP contribution in [0, 0.1) is 12.7 Å². The molecule has 7 nitrogen and oxygen atoms in total. The summed E-state index contributed by atoms with van der Waals surface area (Å²) < 4.78 is 25.2. The number of amides is 1.